The summed E-state index contributed by atoms with van der Waals surface area (Å²) in [5.74, 6) is 1.90. The zero-order chi connectivity index (χ0) is 13.1. The Balaban J connectivity index is 1.75. The molecule has 0 bridgehead atoms. The van der Waals surface area contributed by atoms with Crippen molar-refractivity contribution in [3.05, 3.63) is 11.7 Å². The maximum Gasteiger partial charge on any atom is 0.231 e. The van der Waals surface area contributed by atoms with E-state index in [4.69, 9.17) is 9.26 Å². The van der Waals surface area contributed by atoms with Crippen molar-refractivity contribution >= 4 is 0 Å². The van der Waals surface area contributed by atoms with Crippen LogP contribution in [0.4, 0.5) is 0 Å². The molecule has 2 fully saturated rings. The molecule has 5 nitrogen and oxygen atoms in total. The summed E-state index contributed by atoms with van der Waals surface area (Å²) in [6, 6.07) is 0.459. The normalized spacial score (nSPS) is 32.4. The monoisotopic (exact) mass is 265 g/mol. The van der Waals surface area contributed by atoms with E-state index in [1.54, 1.807) is 0 Å². The number of nitrogens with one attached hydrogen (secondary N) is 1. The molecule has 1 aliphatic heterocycles. The minimum Gasteiger partial charge on any atom is -0.370 e. The second-order valence-electron chi connectivity index (χ2n) is 5.63. The molecule has 0 aromatic carbocycles. The van der Waals surface area contributed by atoms with Crippen LogP contribution >= 0.6 is 0 Å². The standard InChI is InChI=1S/C14H23N3O2/c1-15-11-7-4-2-3-6-10(11)14-16-13(17-19-14)12-8-5-9-18-12/h10-12,15H,2-9H2,1H3. The first kappa shape index (κ1) is 13.1. The number of aromatic nitrogens is 2. The van der Waals surface area contributed by atoms with Gasteiger partial charge in [-0.15, -0.1) is 0 Å². The molecular formula is C14H23N3O2. The molecule has 1 N–H and O–H groups in total. The highest BCUT2D eigenvalue weighted by Gasteiger charge is 2.30. The second-order valence-corrected chi connectivity index (χ2v) is 5.63. The lowest BCUT2D eigenvalue weighted by Crippen LogP contribution is -2.31. The van der Waals surface area contributed by atoms with Crippen LogP contribution in [-0.2, 0) is 4.74 Å². The lowest BCUT2D eigenvalue weighted by atomic mass is 9.95. The fourth-order valence-electron chi connectivity index (χ4n) is 3.26. The first-order chi connectivity index (χ1) is 9.38. The third-order valence-corrected chi connectivity index (χ3v) is 4.38. The molecule has 1 aromatic rings. The molecule has 3 rings (SSSR count). The summed E-state index contributed by atoms with van der Waals surface area (Å²) in [6.07, 6.45) is 8.33. The molecule has 3 atom stereocenters. The van der Waals surface area contributed by atoms with Gasteiger partial charge in [-0.25, -0.2) is 0 Å². The SMILES string of the molecule is CNC1CCCCCC1c1nc(C2CCCO2)no1. The van der Waals surface area contributed by atoms with Crippen LogP contribution < -0.4 is 5.32 Å². The smallest absolute Gasteiger partial charge is 0.231 e. The summed E-state index contributed by atoms with van der Waals surface area (Å²) in [7, 11) is 2.03. The van der Waals surface area contributed by atoms with Crippen molar-refractivity contribution in [2.75, 3.05) is 13.7 Å². The molecule has 0 spiro atoms. The minimum atomic E-state index is 0.0521. The lowest BCUT2D eigenvalue weighted by molar-refractivity contribution is 0.103. The van der Waals surface area contributed by atoms with Gasteiger partial charge in [0.15, 0.2) is 0 Å². The van der Waals surface area contributed by atoms with Crippen molar-refractivity contribution < 1.29 is 9.26 Å². The van der Waals surface area contributed by atoms with Gasteiger partial charge in [0.2, 0.25) is 11.7 Å². The average Bonchev–Trinajstić information content (AvgIpc) is 3.05. The summed E-state index contributed by atoms with van der Waals surface area (Å²) < 4.78 is 11.1. The van der Waals surface area contributed by atoms with E-state index in [1.165, 1.54) is 25.7 Å². The maximum atomic E-state index is 5.62. The Bertz CT molecular complexity index is 401. The largest absolute Gasteiger partial charge is 0.370 e. The van der Waals surface area contributed by atoms with Gasteiger partial charge in [-0.3, -0.25) is 0 Å². The van der Waals surface area contributed by atoms with Crippen molar-refractivity contribution in [2.45, 2.75) is 63.0 Å². The zero-order valence-electron chi connectivity index (χ0n) is 11.6. The summed E-state index contributed by atoms with van der Waals surface area (Å²) >= 11 is 0. The van der Waals surface area contributed by atoms with Crippen LogP contribution in [0, 0.1) is 0 Å². The van der Waals surface area contributed by atoms with E-state index in [2.05, 4.69) is 15.5 Å². The van der Waals surface area contributed by atoms with Crippen molar-refractivity contribution in [3.8, 4) is 0 Å². The molecule has 1 aliphatic carbocycles. The summed E-state index contributed by atoms with van der Waals surface area (Å²) in [5.41, 5.74) is 0. The Morgan fingerprint density at radius 1 is 1.11 bits per heavy atom. The van der Waals surface area contributed by atoms with Crippen molar-refractivity contribution in [1.29, 1.82) is 0 Å². The van der Waals surface area contributed by atoms with E-state index >= 15 is 0 Å². The zero-order valence-corrected chi connectivity index (χ0v) is 11.6. The molecular weight excluding hydrogens is 242 g/mol. The van der Waals surface area contributed by atoms with Crippen LogP contribution in [0.25, 0.3) is 0 Å². The van der Waals surface area contributed by atoms with Gasteiger partial charge in [-0.2, -0.15) is 4.98 Å². The molecule has 2 aliphatic rings. The molecule has 5 heteroatoms. The summed E-state index contributed by atoms with van der Waals surface area (Å²) in [4.78, 5) is 4.61. The number of hydrogen-bond acceptors (Lipinski definition) is 5. The fourth-order valence-corrected chi connectivity index (χ4v) is 3.26. The van der Waals surface area contributed by atoms with Crippen LogP contribution in [0.5, 0.6) is 0 Å². The Kier molecular flexibility index (Phi) is 4.13. The highest BCUT2D eigenvalue weighted by molar-refractivity contribution is 5.02. The predicted octanol–water partition coefficient (Wildman–Crippen LogP) is 2.56. The third kappa shape index (κ3) is 2.82. The molecule has 0 radical (unpaired) electrons. The van der Waals surface area contributed by atoms with Crippen molar-refractivity contribution in [3.63, 3.8) is 0 Å². The molecule has 1 aromatic heterocycles. The molecule has 19 heavy (non-hydrogen) atoms. The first-order valence-electron chi connectivity index (χ1n) is 7.51. The highest BCUT2D eigenvalue weighted by Crippen LogP contribution is 2.33. The van der Waals surface area contributed by atoms with Gasteiger partial charge in [0, 0.05) is 12.6 Å². The quantitative estimate of drug-likeness (QED) is 0.851. The van der Waals surface area contributed by atoms with Gasteiger partial charge < -0.3 is 14.6 Å². The van der Waals surface area contributed by atoms with E-state index in [0.29, 0.717) is 12.0 Å². The van der Waals surface area contributed by atoms with Gasteiger partial charge in [0.25, 0.3) is 0 Å². The minimum absolute atomic E-state index is 0.0521. The van der Waals surface area contributed by atoms with E-state index in [0.717, 1.165) is 37.6 Å². The number of rotatable bonds is 3. The maximum absolute atomic E-state index is 5.62. The second kappa shape index (κ2) is 6.01. The van der Waals surface area contributed by atoms with Crippen LogP contribution in [0.2, 0.25) is 0 Å². The fraction of sp³-hybridized carbons (Fsp3) is 0.857. The molecule has 106 valence electrons. The number of nitrogens with zero attached hydrogens (tertiary/aromatic N) is 2. The van der Waals surface area contributed by atoms with Crippen LogP contribution in [0.3, 0.4) is 0 Å². The summed E-state index contributed by atoms with van der Waals surface area (Å²) in [5, 5.41) is 7.55. The van der Waals surface area contributed by atoms with Crippen LogP contribution in [0.15, 0.2) is 4.52 Å². The van der Waals surface area contributed by atoms with E-state index in [1.807, 2.05) is 7.05 Å². The van der Waals surface area contributed by atoms with Crippen molar-refractivity contribution in [2.24, 2.45) is 0 Å². The van der Waals surface area contributed by atoms with E-state index in [-0.39, 0.29) is 6.10 Å². The molecule has 1 saturated carbocycles. The number of ether oxygens (including phenoxy) is 1. The molecule has 1 saturated heterocycles. The molecule has 3 unspecified atom stereocenters. The van der Waals surface area contributed by atoms with Crippen molar-refractivity contribution in [1.82, 2.24) is 15.5 Å². The summed E-state index contributed by atoms with van der Waals surface area (Å²) in [6.45, 7) is 0.817. The van der Waals surface area contributed by atoms with Gasteiger partial charge in [0.1, 0.15) is 6.10 Å². The van der Waals surface area contributed by atoms with Gasteiger partial charge in [-0.1, -0.05) is 24.4 Å². The lowest BCUT2D eigenvalue weighted by Gasteiger charge is -2.21. The first-order valence-corrected chi connectivity index (χ1v) is 7.51. The topological polar surface area (TPSA) is 60.2 Å². The Labute approximate surface area is 114 Å². The average molecular weight is 265 g/mol. The van der Waals surface area contributed by atoms with E-state index < -0.39 is 0 Å². The number of likely N-dealkylation sites (N-methyl/N-ethyl adjacent to an activating group) is 1. The van der Waals surface area contributed by atoms with E-state index in [9.17, 15) is 0 Å². The Morgan fingerprint density at radius 2 is 2.00 bits per heavy atom. The van der Waals surface area contributed by atoms with Crippen LogP contribution in [0.1, 0.15) is 68.7 Å². The Hall–Kier alpha value is -0.940. The number of hydrogen-bond donors (Lipinski definition) is 1. The van der Waals surface area contributed by atoms with Gasteiger partial charge >= 0.3 is 0 Å². The molecule has 0 amide bonds. The highest BCUT2D eigenvalue weighted by atomic mass is 16.5. The van der Waals surface area contributed by atoms with Gasteiger partial charge in [0.05, 0.1) is 5.92 Å². The third-order valence-electron chi connectivity index (χ3n) is 4.38. The van der Waals surface area contributed by atoms with Gasteiger partial charge in [-0.05, 0) is 32.7 Å². The predicted molar refractivity (Wildman–Crippen MR) is 70.9 cm³/mol. The van der Waals surface area contributed by atoms with Crippen LogP contribution in [-0.4, -0.2) is 29.8 Å². The Morgan fingerprint density at radius 3 is 2.79 bits per heavy atom. The molecule has 2 heterocycles.